The molecule has 2 N–H and O–H groups in total. The lowest BCUT2D eigenvalue weighted by molar-refractivity contribution is -0.115. The summed E-state index contributed by atoms with van der Waals surface area (Å²) >= 11 is 0. The third-order valence-corrected chi connectivity index (χ3v) is 1.68. The zero-order valence-electron chi connectivity index (χ0n) is 6.58. The minimum absolute atomic E-state index is 1.18. The minimum atomic E-state index is -4.73. The van der Waals surface area contributed by atoms with E-state index in [0.717, 1.165) is 0 Å². The van der Waals surface area contributed by atoms with E-state index in [0.29, 0.717) is 0 Å². The normalized spacial score (nSPS) is 21.5. The number of allylic oxidation sites excluding steroid dienone is 3. The van der Waals surface area contributed by atoms with Gasteiger partial charge in [-0.05, 0) is 0 Å². The van der Waals surface area contributed by atoms with Gasteiger partial charge in [-0.25, -0.2) is 13.2 Å². The van der Waals surface area contributed by atoms with Crippen LogP contribution < -0.4 is 5.73 Å². The molecular weight excluding hydrogens is 209 g/mol. The van der Waals surface area contributed by atoms with Crippen molar-refractivity contribution in [2.75, 3.05) is 0 Å². The lowest BCUT2D eigenvalue weighted by Gasteiger charge is -2.19. The highest BCUT2D eigenvalue weighted by molar-refractivity contribution is 5.93. The van der Waals surface area contributed by atoms with Gasteiger partial charge in [0.25, 0.3) is 0 Å². The van der Waals surface area contributed by atoms with E-state index in [1.807, 2.05) is 0 Å². The minimum Gasteiger partial charge on any atom is -0.366 e. The Hall–Kier alpha value is -1.40. The van der Waals surface area contributed by atoms with Gasteiger partial charge in [0.2, 0.25) is 11.7 Å². The maximum absolute atomic E-state index is 12.7. The molecule has 0 atom stereocenters. The molecule has 1 aliphatic rings. The van der Waals surface area contributed by atoms with Crippen molar-refractivity contribution in [1.82, 2.24) is 0 Å². The fourth-order valence-corrected chi connectivity index (χ4v) is 0.962. The second-order valence-electron chi connectivity index (χ2n) is 2.63. The number of hydrogen-bond acceptors (Lipinski definition) is 1. The molecule has 14 heavy (non-hydrogen) atoms. The molecule has 1 aliphatic carbocycles. The first-order valence-electron chi connectivity index (χ1n) is 3.39. The lowest BCUT2D eigenvalue weighted by Crippen LogP contribution is -2.29. The molecule has 0 unspecified atom stereocenters. The summed E-state index contributed by atoms with van der Waals surface area (Å²) in [6.07, 6.45) is -1.18. The monoisotopic (exact) mass is 213 g/mol. The topological polar surface area (TPSA) is 43.1 Å². The molecule has 2 nitrogen and oxygen atoms in total. The van der Waals surface area contributed by atoms with Gasteiger partial charge < -0.3 is 5.73 Å². The van der Waals surface area contributed by atoms with E-state index < -0.39 is 41.3 Å². The number of alkyl halides is 2. The van der Waals surface area contributed by atoms with Crippen LogP contribution in [0.15, 0.2) is 23.1 Å². The molecule has 0 aromatic carbocycles. The number of nitrogens with two attached hydrogens (primary N) is 1. The summed E-state index contributed by atoms with van der Waals surface area (Å²) in [7, 11) is 0. The van der Waals surface area contributed by atoms with Crippen LogP contribution in [0.2, 0.25) is 0 Å². The lowest BCUT2D eigenvalue weighted by atomic mass is 10.00. The molecule has 0 radical (unpaired) electrons. The molecular formula is C7H4F5NO. The molecule has 0 aliphatic heterocycles. The molecule has 7 heteroatoms. The zero-order valence-corrected chi connectivity index (χ0v) is 6.58. The van der Waals surface area contributed by atoms with E-state index in [-0.39, 0.29) is 0 Å². The summed E-state index contributed by atoms with van der Waals surface area (Å²) in [6, 6.07) is 0. The van der Waals surface area contributed by atoms with Crippen molar-refractivity contribution in [3.8, 4) is 0 Å². The van der Waals surface area contributed by atoms with E-state index in [2.05, 4.69) is 5.73 Å². The number of carbonyl (C=O) groups is 1. The van der Waals surface area contributed by atoms with Gasteiger partial charge >= 0.3 is 5.92 Å². The number of hydrogen-bond donors (Lipinski definition) is 1. The first-order valence-corrected chi connectivity index (χ1v) is 3.39. The Morgan fingerprint density at radius 3 is 2.14 bits per heavy atom. The zero-order chi connectivity index (χ0) is 11.1. The van der Waals surface area contributed by atoms with E-state index in [4.69, 9.17) is 0 Å². The van der Waals surface area contributed by atoms with Gasteiger partial charge in [-0.1, -0.05) is 0 Å². The average Bonchev–Trinajstić information content (AvgIpc) is 2.08. The second-order valence-corrected chi connectivity index (χ2v) is 2.63. The van der Waals surface area contributed by atoms with Crippen LogP contribution in [-0.2, 0) is 4.79 Å². The molecule has 0 aromatic heterocycles. The van der Waals surface area contributed by atoms with Gasteiger partial charge in [0.05, 0.1) is 5.57 Å². The quantitative estimate of drug-likeness (QED) is 0.664. The van der Waals surface area contributed by atoms with Crippen LogP contribution in [0, 0.1) is 0 Å². The van der Waals surface area contributed by atoms with Gasteiger partial charge in [-0.15, -0.1) is 0 Å². The van der Waals surface area contributed by atoms with Gasteiger partial charge in [0, 0.05) is 6.42 Å². The molecule has 0 bridgehead atoms. The van der Waals surface area contributed by atoms with Crippen LogP contribution in [0.4, 0.5) is 22.0 Å². The fraction of sp³-hybridized carbons (Fsp3) is 0.286. The Morgan fingerprint density at radius 2 is 1.71 bits per heavy atom. The van der Waals surface area contributed by atoms with Gasteiger partial charge in [-0.2, -0.15) is 8.78 Å². The van der Waals surface area contributed by atoms with Crippen molar-refractivity contribution in [3.63, 3.8) is 0 Å². The number of primary amides is 1. The molecule has 0 fully saturated rings. The van der Waals surface area contributed by atoms with Gasteiger partial charge in [-0.3, -0.25) is 4.79 Å². The van der Waals surface area contributed by atoms with Crippen molar-refractivity contribution in [3.05, 3.63) is 23.1 Å². The summed E-state index contributed by atoms with van der Waals surface area (Å²) < 4.78 is 62.6. The summed E-state index contributed by atoms with van der Waals surface area (Å²) in [6.45, 7) is 0. The van der Waals surface area contributed by atoms with Crippen LogP contribution in [0.5, 0.6) is 0 Å². The highest BCUT2D eigenvalue weighted by Gasteiger charge is 2.49. The molecule has 78 valence electrons. The van der Waals surface area contributed by atoms with Crippen molar-refractivity contribution >= 4 is 5.91 Å². The average molecular weight is 213 g/mol. The first-order chi connectivity index (χ1) is 6.28. The fourth-order valence-electron chi connectivity index (χ4n) is 0.962. The van der Waals surface area contributed by atoms with Crippen molar-refractivity contribution in [1.29, 1.82) is 0 Å². The van der Waals surface area contributed by atoms with Crippen LogP contribution in [0.1, 0.15) is 6.42 Å². The van der Waals surface area contributed by atoms with Gasteiger partial charge in [0.15, 0.2) is 5.83 Å². The Bertz CT molecular complexity index is 357. The van der Waals surface area contributed by atoms with E-state index in [1.54, 1.807) is 0 Å². The summed E-state index contributed by atoms with van der Waals surface area (Å²) in [4.78, 5) is 10.4. The Labute approximate surface area is 74.9 Å². The van der Waals surface area contributed by atoms with E-state index in [9.17, 15) is 26.7 Å². The van der Waals surface area contributed by atoms with Gasteiger partial charge in [0.1, 0.15) is 5.83 Å². The predicted molar refractivity (Wildman–Crippen MR) is 36.1 cm³/mol. The maximum atomic E-state index is 12.7. The number of carbonyl (C=O) groups excluding carboxylic acids is 1. The maximum Gasteiger partial charge on any atom is 0.352 e. The smallest absolute Gasteiger partial charge is 0.352 e. The van der Waals surface area contributed by atoms with Crippen molar-refractivity contribution in [2.24, 2.45) is 5.73 Å². The standard InChI is InChI=1S/C7H4F5NO/c8-3-1-2(6(13)14)4(9)7(11,12)5(3)10/h1H2,(H2,13,14). The van der Waals surface area contributed by atoms with Crippen LogP contribution in [0.3, 0.4) is 0 Å². The molecule has 0 heterocycles. The van der Waals surface area contributed by atoms with Crippen LogP contribution >= 0.6 is 0 Å². The first kappa shape index (κ1) is 10.7. The third-order valence-electron chi connectivity index (χ3n) is 1.68. The Kier molecular flexibility index (Phi) is 2.34. The molecule has 0 aromatic rings. The molecule has 0 spiro atoms. The second kappa shape index (κ2) is 3.07. The highest BCUT2D eigenvalue weighted by Crippen LogP contribution is 2.43. The highest BCUT2D eigenvalue weighted by atomic mass is 19.3. The Morgan fingerprint density at radius 1 is 1.21 bits per heavy atom. The number of halogens is 5. The SMILES string of the molecule is NC(=O)C1=C(F)C(F)(F)C(F)=C(F)C1. The predicted octanol–water partition coefficient (Wildman–Crippen LogP) is 1.88. The summed E-state index contributed by atoms with van der Waals surface area (Å²) in [5.74, 6) is -13.0. The molecule has 1 rings (SSSR count). The molecule has 0 saturated heterocycles. The van der Waals surface area contributed by atoms with E-state index in [1.165, 1.54) is 0 Å². The van der Waals surface area contributed by atoms with Crippen molar-refractivity contribution < 1.29 is 26.7 Å². The number of amides is 1. The third kappa shape index (κ3) is 1.38. The van der Waals surface area contributed by atoms with Crippen molar-refractivity contribution in [2.45, 2.75) is 12.3 Å². The largest absolute Gasteiger partial charge is 0.366 e. The van der Waals surface area contributed by atoms with Crippen LogP contribution in [-0.4, -0.2) is 11.8 Å². The van der Waals surface area contributed by atoms with Crippen LogP contribution in [0.25, 0.3) is 0 Å². The Balaban J connectivity index is 3.28. The van der Waals surface area contributed by atoms with E-state index >= 15 is 0 Å². The molecule has 1 amide bonds. The summed E-state index contributed by atoms with van der Waals surface area (Å²) in [5, 5.41) is 0. The summed E-state index contributed by atoms with van der Waals surface area (Å²) in [5.41, 5.74) is 3.26. The number of rotatable bonds is 1. The molecule has 0 saturated carbocycles.